The standard InChI is InChI=1S/C16H24N2O4S/c1-11(2)13-8-7-9-14(10-13)22-16(20)18(6)23-17(5)15(19)21-12(3)4/h7-12H,1-6H3. The molecule has 128 valence electrons. The van der Waals surface area contributed by atoms with Crippen LogP contribution in [0.1, 0.15) is 39.2 Å². The molecule has 0 aromatic heterocycles. The molecular formula is C16H24N2O4S. The summed E-state index contributed by atoms with van der Waals surface area (Å²) < 4.78 is 12.8. The maximum Gasteiger partial charge on any atom is 0.426 e. The zero-order chi connectivity index (χ0) is 17.6. The van der Waals surface area contributed by atoms with Gasteiger partial charge in [-0.2, -0.15) is 0 Å². The molecule has 6 nitrogen and oxygen atoms in total. The molecule has 2 amide bonds. The molecule has 0 heterocycles. The van der Waals surface area contributed by atoms with Gasteiger partial charge in [-0.05, 0) is 37.5 Å². The van der Waals surface area contributed by atoms with E-state index in [0.29, 0.717) is 11.7 Å². The molecule has 0 saturated heterocycles. The van der Waals surface area contributed by atoms with Crippen molar-refractivity contribution in [3.63, 3.8) is 0 Å². The van der Waals surface area contributed by atoms with E-state index in [-0.39, 0.29) is 6.10 Å². The van der Waals surface area contributed by atoms with Crippen molar-refractivity contribution in [2.45, 2.75) is 39.7 Å². The molecule has 0 unspecified atom stereocenters. The maximum atomic E-state index is 12.1. The number of hydrogen-bond donors (Lipinski definition) is 0. The molecular weight excluding hydrogens is 316 g/mol. The smallest absolute Gasteiger partial charge is 0.426 e. The van der Waals surface area contributed by atoms with Crippen molar-refractivity contribution >= 4 is 24.3 Å². The lowest BCUT2D eigenvalue weighted by Gasteiger charge is -2.22. The lowest BCUT2D eigenvalue weighted by Crippen LogP contribution is -2.32. The molecule has 0 fully saturated rings. The number of carbonyl (C=O) groups is 2. The minimum atomic E-state index is -0.569. The molecule has 0 bridgehead atoms. The van der Waals surface area contributed by atoms with Crippen LogP contribution in [0.5, 0.6) is 5.75 Å². The van der Waals surface area contributed by atoms with Crippen molar-refractivity contribution in [2.24, 2.45) is 0 Å². The van der Waals surface area contributed by atoms with Gasteiger partial charge in [-0.1, -0.05) is 26.0 Å². The van der Waals surface area contributed by atoms with Crippen LogP contribution < -0.4 is 4.74 Å². The molecule has 1 aromatic carbocycles. The highest BCUT2D eigenvalue weighted by molar-refractivity contribution is 7.95. The molecule has 23 heavy (non-hydrogen) atoms. The average Bonchev–Trinajstić information content (AvgIpc) is 2.46. The molecule has 0 saturated carbocycles. The Hall–Kier alpha value is -1.89. The Balaban J connectivity index is 2.60. The fraction of sp³-hybridized carbons (Fsp3) is 0.500. The van der Waals surface area contributed by atoms with Gasteiger partial charge in [0, 0.05) is 14.1 Å². The highest BCUT2D eigenvalue weighted by atomic mass is 32.2. The normalized spacial score (nSPS) is 10.6. The van der Waals surface area contributed by atoms with Crippen LogP contribution >= 0.6 is 12.1 Å². The van der Waals surface area contributed by atoms with Gasteiger partial charge in [0.05, 0.1) is 18.2 Å². The first-order valence-electron chi connectivity index (χ1n) is 7.38. The number of rotatable bonds is 5. The number of nitrogens with zero attached hydrogens (tertiary/aromatic N) is 2. The number of amides is 2. The van der Waals surface area contributed by atoms with E-state index in [4.69, 9.17) is 9.47 Å². The summed E-state index contributed by atoms with van der Waals surface area (Å²) in [5, 5.41) is 0. The van der Waals surface area contributed by atoms with Crippen molar-refractivity contribution in [3.05, 3.63) is 29.8 Å². The molecule has 0 N–H and O–H groups in total. The van der Waals surface area contributed by atoms with Crippen molar-refractivity contribution in [2.75, 3.05) is 14.1 Å². The average molecular weight is 340 g/mol. The highest BCUT2D eigenvalue weighted by Gasteiger charge is 2.20. The van der Waals surface area contributed by atoms with Gasteiger partial charge in [0.15, 0.2) is 0 Å². The summed E-state index contributed by atoms with van der Waals surface area (Å²) in [6.07, 6.45) is -1.31. The van der Waals surface area contributed by atoms with Gasteiger partial charge in [-0.3, -0.25) is 0 Å². The van der Waals surface area contributed by atoms with Crippen LogP contribution in [0.3, 0.4) is 0 Å². The topological polar surface area (TPSA) is 59.1 Å². The Morgan fingerprint density at radius 3 is 2.22 bits per heavy atom. The van der Waals surface area contributed by atoms with E-state index in [0.717, 1.165) is 17.7 Å². The van der Waals surface area contributed by atoms with Gasteiger partial charge in [-0.25, -0.2) is 18.2 Å². The van der Waals surface area contributed by atoms with Crippen molar-refractivity contribution in [1.82, 2.24) is 8.61 Å². The molecule has 0 spiro atoms. The fourth-order valence-electron chi connectivity index (χ4n) is 1.63. The number of ether oxygens (including phenoxy) is 2. The van der Waals surface area contributed by atoms with Gasteiger partial charge < -0.3 is 9.47 Å². The summed E-state index contributed by atoms with van der Waals surface area (Å²) in [5.41, 5.74) is 1.09. The third-order valence-corrected chi connectivity index (χ3v) is 3.61. The molecule has 0 aliphatic carbocycles. The van der Waals surface area contributed by atoms with Crippen LogP contribution in [0, 0.1) is 0 Å². The van der Waals surface area contributed by atoms with Crippen LogP contribution in [0.2, 0.25) is 0 Å². The number of hydrogen-bond acceptors (Lipinski definition) is 5. The van der Waals surface area contributed by atoms with E-state index in [1.165, 1.54) is 22.7 Å². The third-order valence-electron chi connectivity index (χ3n) is 2.83. The van der Waals surface area contributed by atoms with E-state index < -0.39 is 12.2 Å². The van der Waals surface area contributed by atoms with Gasteiger partial charge >= 0.3 is 12.2 Å². The highest BCUT2D eigenvalue weighted by Crippen LogP contribution is 2.22. The summed E-state index contributed by atoms with van der Waals surface area (Å²) in [7, 11) is 3.05. The molecule has 0 atom stereocenters. The monoisotopic (exact) mass is 340 g/mol. The summed E-state index contributed by atoms with van der Waals surface area (Å²) >= 11 is 0.905. The summed E-state index contributed by atoms with van der Waals surface area (Å²) in [4.78, 5) is 23.8. The molecule has 0 radical (unpaired) electrons. The van der Waals surface area contributed by atoms with E-state index in [9.17, 15) is 9.59 Å². The third kappa shape index (κ3) is 6.40. The fourth-order valence-corrected chi connectivity index (χ4v) is 2.21. The van der Waals surface area contributed by atoms with Crippen LogP contribution in [0.25, 0.3) is 0 Å². The second-order valence-corrected chi connectivity index (χ2v) is 6.86. The lowest BCUT2D eigenvalue weighted by atomic mass is 10.0. The minimum Gasteiger partial charge on any atom is -0.446 e. The Bertz CT molecular complexity index is 549. The first kappa shape index (κ1) is 19.2. The molecule has 1 rings (SSSR count). The summed E-state index contributed by atoms with van der Waals surface area (Å²) in [5.74, 6) is 0.818. The summed E-state index contributed by atoms with van der Waals surface area (Å²) in [6.45, 7) is 7.66. The first-order chi connectivity index (χ1) is 10.7. The molecule has 1 aromatic rings. The zero-order valence-electron chi connectivity index (χ0n) is 14.4. The number of carbonyl (C=O) groups excluding carboxylic acids is 2. The van der Waals surface area contributed by atoms with E-state index in [1.807, 2.05) is 18.2 Å². The predicted molar refractivity (Wildman–Crippen MR) is 91.3 cm³/mol. The summed E-state index contributed by atoms with van der Waals surface area (Å²) in [6, 6.07) is 7.38. The lowest BCUT2D eigenvalue weighted by molar-refractivity contribution is 0.102. The maximum absolute atomic E-state index is 12.1. The van der Waals surface area contributed by atoms with Gasteiger partial charge in [0.25, 0.3) is 0 Å². The van der Waals surface area contributed by atoms with Crippen LogP contribution in [0.15, 0.2) is 24.3 Å². The second-order valence-electron chi connectivity index (χ2n) is 5.60. The van der Waals surface area contributed by atoms with Crippen LogP contribution in [-0.4, -0.2) is 41.0 Å². The largest absolute Gasteiger partial charge is 0.446 e. The first-order valence-corrected chi connectivity index (χ1v) is 8.11. The Kier molecular flexibility index (Phi) is 7.22. The minimum absolute atomic E-state index is 0.221. The Morgan fingerprint density at radius 2 is 1.65 bits per heavy atom. The molecule has 7 heteroatoms. The van der Waals surface area contributed by atoms with E-state index >= 15 is 0 Å². The van der Waals surface area contributed by atoms with Gasteiger partial charge in [-0.15, -0.1) is 0 Å². The Labute approximate surface area is 142 Å². The predicted octanol–water partition coefficient (Wildman–Crippen LogP) is 4.28. The van der Waals surface area contributed by atoms with Crippen molar-refractivity contribution in [3.8, 4) is 5.75 Å². The molecule has 0 aliphatic rings. The van der Waals surface area contributed by atoms with Gasteiger partial charge in [0.1, 0.15) is 5.75 Å². The van der Waals surface area contributed by atoms with Gasteiger partial charge in [0.2, 0.25) is 0 Å². The van der Waals surface area contributed by atoms with Crippen molar-refractivity contribution < 1.29 is 19.1 Å². The SMILES string of the molecule is CC(C)OC(=O)N(C)SN(C)C(=O)Oc1cccc(C(C)C)c1. The van der Waals surface area contributed by atoms with E-state index in [2.05, 4.69) is 13.8 Å². The van der Waals surface area contributed by atoms with Crippen molar-refractivity contribution in [1.29, 1.82) is 0 Å². The Morgan fingerprint density at radius 1 is 1.04 bits per heavy atom. The van der Waals surface area contributed by atoms with Crippen LogP contribution in [0.4, 0.5) is 9.59 Å². The molecule has 0 aliphatic heterocycles. The zero-order valence-corrected chi connectivity index (χ0v) is 15.2. The van der Waals surface area contributed by atoms with Crippen LogP contribution in [-0.2, 0) is 4.74 Å². The second kappa shape index (κ2) is 8.67. The van der Waals surface area contributed by atoms with E-state index in [1.54, 1.807) is 19.9 Å². The quantitative estimate of drug-likeness (QED) is 0.749. The number of benzene rings is 1.